The van der Waals surface area contributed by atoms with Crippen LogP contribution < -0.4 is 10.1 Å². The summed E-state index contributed by atoms with van der Waals surface area (Å²) in [5.74, 6) is 0.0798. The van der Waals surface area contributed by atoms with Gasteiger partial charge in [-0.15, -0.1) is 0 Å². The van der Waals surface area contributed by atoms with Crippen LogP contribution in [0.15, 0.2) is 36.4 Å². The molecule has 0 radical (unpaired) electrons. The van der Waals surface area contributed by atoms with Gasteiger partial charge in [0, 0.05) is 6.04 Å². The monoisotopic (exact) mass is 351 g/mol. The summed E-state index contributed by atoms with van der Waals surface area (Å²) in [6.07, 6.45) is 5.73. The van der Waals surface area contributed by atoms with Crippen LogP contribution in [0.2, 0.25) is 0 Å². The van der Waals surface area contributed by atoms with Crippen LogP contribution in [0.5, 0.6) is 5.75 Å². The molecule has 0 atom stereocenters. The third-order valence-electron chi connectivity index (χ3n) is 4.38. The van der Waals surface area contributed by atoms with E-state index in [9.17, 15) is 9.18 Å². The third-order valence-corrected chi connectivity index (χ3v) is 4.38. The number of rotatable bonds is 5. The Morgan fingerprint density at radius 1 is 1.23 bits per heavy atom. The van der Waals surface area contributed by atoms with Gasteiger partial charge >= 0.3 is 0 Å². The maximum Gasteiger partial charge on any atom is 0.255 e. The lowest BCUT2D eigenvalue weighted by Crippen LogP contribution is -2.25. The summed E-state index contributed by atoms with van der Waals surface area (Å²) in [5.41, 5.74) is 2.78. The number of carbonyl (C=O) groups excluding carboxylic acids is 1. The van der Waals surface area contributed by atoms with Crippen molar-refractivity contribution in [2.24, 2.45) is 0 Å². The molecule has 1 aliphatic rings. The van der Waals surface area contributed by atoms with Crippen LogP contribution in [0.25, 0.3) is 23.1 Å². The lowest BCUT2D eigenvalue weighted by Gasteiger charge is -2.10. The molecule has 1 heterocycles. The fourth-order valence-electron chi connectivity index (χ4n) is 2.86. The Balaban J connectivity index is 1.72. The van der Waals surface area contributed by atoms with E-state index in [0.717, 1.165) is 29.5 Å². The van der Waals surface area contributed by atoms with E-state index >= 15 is 0 Å². The molecule has 4 rings (SSSR count). The number of benzene rings is 2. The lowest BCUT2D eigenvalue weighted by atomic mass is 10.1. The Morgan fingerprint density at radius 2 is 2.00 bits per heavy atom. The molecule has 1 aliphatic carbocycles. The summed E-state index contributed by atoms with van der Waals surface area (Å²) in [6, 6.07) is 9.99. The van der Waals surface area contributed by atoms with Crippen molar-refractivity contribution < 1.29 is 13.9 Å². The number of carbonyl (C=O) groups is 1. The summed E-state index contributed by atoms with van der Waals surface area (Å²) >= 11 is 0. The van der Waals surface area contributed by atoms with Crippen molar-refractivity contribution in [2.45, 2.75) is 18.9 Å². The number of hydrogen-bond acceptors (Lipinski definition) is 3. The molecular weight excluding hydrogens is 333 g/mol. The number of ether oxygens (including phenoxy) is 1. The molecule has 2 N–H and O–H groups in total. The average molecular weight is 351 g/mol. The van der Waals surface area contributed by atoms with Gasteiger partial charge in [0.1, 0.15) is 11.6 Å². The van der Waals surface area contributed by atoms with Crippen molar-refractivity contribution in [1.29, 1.82) is 0 Å². The number of aromatic nitrogens is 2. The van der Waals surface area contributed by atoms with E-state index in [4.69, 9.17) is 4.74 Å². The van der Waals surface area contributed by atoms with Crippen LogP contribution in [0, 0.1) is 5.82 Å². The minimum absolute atomic E-state index is 0.138. The number of hydrogen-bond donors (Lipinski definition) is 2. The number of nitrogens with zero attached hydrogens (tertiary/aromatic N) is 1. The van der Waals surface area contributed by atoms with E-state index < -0.39 is 0 Å². The van der Waals surface area contributed by atoms with Crippen molar-refractivity contribution >= 4 is 29.0 Å². The van der Waals surface area contributed by atoms with Crippen LogP contribution >= 0.6 is 0 Å². The predicted octanol–water partition coefficient (Wildman–Crippen LogP) is 3.77. The predicted molar refractivity (Wildman–Crippen MR) is 98.5 cm³/mol. The first-order valence-corrected chi connectivity index (χ1v) is 8.45. The molecule has 1 aromatic heterocycles. The molecule has 1 fully saturated rings. The highest BCUT2D eigenvalue weighted by atomic mass is 19.1. The normalized spacial score (nSPS) is 14.1. The van der Waals surface area contributed by atoms with E-state index in [-0.39, 0.29) is 17.8 Å². The van der Waals surface area contributed by atoms with Gasteiger partial charge in [-0.3, -0.25) is 9.89 Å². The van der Waals surface area contributed by atoms with Gasteiger partial charge in [0.05, 0.1) is 29.3 Å². The van der Waals surface area contributed by atoms with E-state index in [0.29, 0.717) is 16.8 Å². The summed E-state index contributed by atoms with van der Waals surface area (Å²) in [5, 5.41) is 11.0. The van der Waals surface area contributed by atoms with E-state index in [1.165, 1.54) is 12.1 Å². The number of amides is 1. The number of methoxy groups -OCH3 is 1. The van der Waals surface area contributed by atoms with Gasteiger partial charge in [0.2, 0.25) is 0 Å². The Labute approximate surface area is 149 Å². The lowest BCUT2D eigenvalue weighted by molar-refractivity contribution is 0.0948. The molecule has 5 nitrogen and oxygen atoms in total. The van der Waals surface area contributed by atoms with Crippen LogP contribution in [0.4, 0.5) is 4.39 Å². The second-order valence-electron chi connectivity index (χ2n) is 6.31. The minimum Gasteiger partial charge on any atom is -0.495 e. The van der Waals surface area contributed by atoms with Gasteiger partial charge in [-0.1, -0.05) is 18.2 Å². The number of H-pyrrole nitrogens is 1. The molecule has 1 saturated carbocycles. The zero-order chi connectivity index (χ0) is 18.1. The average Bonchev–Trinajstić information content (AvgIpc) is 3.37. The van der Waals surface area contributed by atoms with E-state index in [2.05, 4.69) is 15.5 Å². The van der Waals surface area contributed by atoms with Crippen molar-refractivity contribution in [1.82, 2.24) is 15.5 Å². The summed E-state index contributed by atoms with van der Waals surface area (Å²) in [6.45, 7) is 0. The van der Waals surface area contributed by atoms with Gasteiger partial charge in [-0.25, -0.2) is 4.39 Å². The molecule has 0 saturated heterocycles. The Kier molecular flexibility index (Phi) is 4.16. The quantitative estimate of drug-likeness (QED) is 0.735. The fourth-order valence-corrected chi connectivity index (χ4v) is 2.86. The molecule has 0 spiro atoms. The van der Waals surface area contributed by atoms with Crippen LogP contribution in [-0.2, 0) is 0 Å². The minimum atomic E-state index is -0.276. The highest BCUT2D eigenvalue weighted by Gasteiger charge is 2.26. The van der Waals surface area contributed by atoms with Gasteiger partial charge in [-0.2, -0.15) is 5.10 Å². The number of halogens is 1. The van der Waals surface area contributed by atoms with Gasteiger partial charge in [0.25, 0.3) is 5.91 Å². The third kappa shape index (κ3) is 3.18. The molecule has 26 heavy (non-hydrogen) atoms. The number of nitrogens with one attached hydrogen (secondary N) is 2. The second-order valence-corrected chi connectivity index (χ2v) is 6.31. The summed E-state index contributed by atoms with van der Waals surface area (Å²) in [4.78, 5) is 12.5. The first-order chi connectivity index (χ1) is 12.7. The number of aromatic amines is 1. The SMILES string of the molecule is COc1c(C(=O)NC2CC2)ccc2n[nH]c(/C=C/c3ccc(F)cc3)c12. The van der Waals surface area contributed by atoms with Gasteiger partial charge in [0.15, 0.2) is 0 Å². The summed E-state index contributed by atoms with van der Waals surface area (Å²) in [7, 11) is 1.54. The highest BCUT2D eigenvalue weighted by Crippen LogP contribution is 2.33. The Hall–Kier alpha value is -3.15. The maximum atomic E-state index is 13.0. The molecule has 0 aliphatic heterocycles. The van der Waals surface area contributed by atoms with E-state index in [1.807, 2.05) is 12.2 Å². The van der Waals surface area contributed by atoms with Gasteiger partial charge in [-0.05, 0) is 48.7 Å². The van der Waals surface area contributed by atoms with Gasteiger partial charge < -0.3 is 10.1 Å². The smallest absolute Gasteiger partial charge is 0.255 e. The molecule has 3 aromatic rings. The van der Waals surface area contributed by atoms with Crippen molar-refractivity contribution in [2.75, 3.05) is 7.11 Å². The Bertz CT molecular complexity index is 988. The highest BCUT2D eigenvalue weighted by molar-refractivity contribution is 6.05. The van der Waals surface area contributed by atoms with Crippen LogP contribution in [0.1, 0.15) is 34.5 Å². The molecule has 1 amide bonds. The Morgan fingerprint density at radius 3 is 2.69 bits per heavy atom. The van der Waals surface area contributed by atoms with Crippen LogP contribution in [-0.4, -0.2) is 29.3 Å². The largest absolute Gasteiger partial charge is 0.495 e. The van der Waals surface area contributed by atoms with Crippen molar-refractivity contribution in [3.05, 3.63) is 59.0 Å². The molecular formula is C20H18FN3O2. The molecule has 0 bridgehead atoms. The fraction of sp³-hybridized carbons (Fsp3) is 0.200. The van der Waals surface area contributed by atoms with Crippen molar-refractivity contribution in [3.63, 3.8) is 0 Å². The molecule has 2 aromatic carbocycles. The zero-order valence-electron chi connectivity index (χ0n) is 14.3. The van der Waals surface area contributed by atoms with Crippen molar-refractivity contribution in [3.8, 4) is 5.75 Å². The first kappa shape index (κ1) is 16.3. The maximum absolute atomic E-state index is 13.0. The van der Waals surface area contributed by atoms with E-state index in [1.54, 1.807) is 31.4 Å². The first-order valence-electron chi connectivity index (χ1n) is 8.45. The summed E-state index contributed by atoms with van der Waals surface area (Å²) < 4.78 is 18.6. The standard InChI is InChI=1S/C20H18FN3O2/c1-26-19-15(20(25)22-14-7-8-14)9-11-17-18(19)16(23-24-17)10-4-12-2-5-13(21)6-3-12/h2-6,9-11,14H,7-8H2,1H3,(H,22,25)(H,23,24)/b10-4+. The topological polar surface area (TPSA) is 67.0 Å². The number of fused-ring (bicyclic) bond motifs is 1. The molecule has 132 valence electrons. The second kappa shape index (κ2) is 6.63. The molecule has 6 heteroatoms. The van der Waals surface area contributed by atoms with Crippen LogP contribution in [0.3, 0.4) is 0 Å². The molecule has 0 unspecified atom stereocenters. The zero-order valence-corrected chi connectivity index (χ0v) is 14.3.